The normalized spacial score (nSPS) is 15.2. The lowest BCUT2D eigenvalue weighted by molar-refractivity contribution is 0.731. The van der Waals surface area contributed by atoms with Gasteiger partial charge in [-0.05, 0) is 37.8 Å². The molecule has 1 aliphatic rings. The molecule has 18 heavy (non-hydrogen) atoms. The summed E-state index contributed by atoms with van der Waals surface area (Å²) in [4.78, 5) is 7.10. The van der Waals surface area contributed by atoms with Crippen LogP contribution in [0, 0.1) is 5.92 Å². The molecule has 0 atom stereocenters. The molecule has 2 aromatic rings. The predicted molar refractivity (Wildman–Crippen MR) is 75.4 cm³/mol. The monoisotopic (exact) mass is 263 g/mol. The minimum absolute atomic E-state index is 0.502. The van der Waals surface area contributed by atoms with Gasteiger partial charge >= 0.3 is 0 Å². The molecule has 0 aromatic carbocycles. The highest BCUT2D eigenvalue weighted by molar-refractivity contribution is 6.17. The summed E-state index contributed by atoms with van der Waals surface area (Å²) in [6.07, 6.45) is 4.76. The zero-order valence-electron chi connectivity index (χ0n) is 10.6. The predicted octanol–water partition coefficient (Wildman–Crippen LogP) is 3.31. The lowest BCUT2D eigenvalue weighted by Gasteiger charge is -2.21. The van der Waals surface area contributed by atoms with Gasteiger partial charge in [-0.25, -0.2) is 4.98 Å². The number of hydrogen-bond donors (Lipinski definition) is 0. The third-order valence-corrected chi connectivity index (χ3v) is 3.84. The van der Waals surface area contributed by atoms with E-state index in [9.17, 15) is 0 Å². The fraction of sp³-hybridized carbons (Fsp3) is 0.500. The molecule has 1 saturated carbocycles. The van der Waals surface area contributed by atoms with Crippen molar-refractivity contribution in [1.29, 1.82) is 0 Å². The van der Waals surface area contributed by atoms with E-state index >= 15 is 0 Å². The van der Waals surface area contributed by atoms with Crippen molar-refractivity contribution in [2.24, 2.45) is 5.92 Å². The van der Waals surface area contributed by atoms with Gasteiger partial charge in [-0.15, -0.1) is 11.6 Å². The van der Waals surface area contributed by atoms with Gasteiger partial charge in [-0.2, -0.15) is 0 Å². The Labute approximate surface area is 112 Å². The number of fused-ring (bicyclic) bond motifs is 1. The van der Waals surface area contributed by atoms with E-state index in [-0.39, 0.29) is 0 Å². The Kier molecular flexibility index (Phi) is 3.16. The Balaban J connectivity index is 2.02. The fourth-order valence-electron chi connectivity index (χ4n) is 2.39. The van der Waals surface area contributed by atoms with Crippen molar-refractivity contribution in [1.82, 2.24) is 9.38 Å². The van der Waals surface area contributed by atoms with Crippen LogP contribution in [0.1, 0.15) is 25.5 Å². The number of imidazole rings is 1. The molecule has 4 heteroatoms. The van der Waals surface area contributed by atoms with Gasteiger partial charge in [-0.3, -0.25) is 0 Å². The fourth-order valence-corrected chi connectivity index (χ4v) is 2.64. The summed E-state index contributed by atoms with van der Waals surface area (Å²) in [5.41, 5.74) is 2.09. The molecule has 0 bridgehead atoms. The molecule has 0 saturated heterocycles. The summed E-state index contributed by atoms with van der Waals surface area (Å²) in [6.45, 7) is 4.29. The number of hydrogen-bond acceptors (Lipinski definition) is 2. The minimum atomic E-state index is 0.502. The van der Waals surface area contributed by atoms with Crippen molar-refractivity contribution >= 4 is 23.1 Å². The van der Waals surface area contributed by atoms with E-state index < -0.39 is 0 Å². The second-order valence-electron chi connectivity index (χ2n) is 4.93. The second kappa shape index (κ2) is 4.81. The number of nitrogens with zero attached hydrogens (tertiary/aromatic N) is 3. The van der Waals surface area contributed by atoms with Crippen LogP contribution in [0.25, 0.3) is 5.65 Å². The third kappa shape index (κ3) is 2.07. The highest BCUT2D eigenvalue weighted by atomic mass is 35.5. The first-order chi connectivity index (χ1) is 8.83. The number of rotatable bonds is 5. The van der Waals surface area contributed by atoms with Gasteiger partial charge in [0.25, 0.3) is 0 Å². The highest BCUT2D eigenvalue weighted by Crippen LogP contribution is 2.32. The van der Waals surface area contributed by atoms with Gasteiger partial charge in [-0.1, -0.05) is 6.07 Å². The van der Waals surface area contributed by atoms with Crippen LogP contribution < -0.4 is 4.90 Å². The van der Waals surface area contributed by atoms with Crippen LogP contribution in [-0.2, 0) is 5.88 Å². The van der Waals surface area contributed by atoms with Crippen LogP contribution in [0.2, 0.25) is 0 Å². The molecule has 0 amide bonds. The summed E-state index contributed by atoms with van der Waals surface area (Å²) in [7, 11) is 0. The molecule has 2 aromatic heterocycles. The number of alkyl halides is 1. The van der Waals surface area contributed by atoms with Gasteiger partial charge in [0.05, 0.1) is 11.6 Å². The first-order valence-corrected chi connectivity index (χ1v) is 7.13. The van der Waals surface area contributed by atoms with E-state index in [1.165, 1.54) is 12.8 Å². The van der Waals surface area contributed by atoms with E-state index in [1.54, 1.807) is 0 Å². The van der Waals surface area contributed by atoms with E-state index in [0.29, 0.717) is 5.88 Å². The van der Waals surface area contributed by atoms with Crippen molar-refractivity contribution in [3.05, 3.63) is 30.1 Å². The zero-order valence-corrected chi connectivity index (χ0v) is 11.4. The minimum Gasteiger partial charge on any atom is -0.355 e. The maximum atomic E-state index is 6.12. The number of halogens is 1. The number of aromatic nitrogens is 2. The van der Waals surface area contributed by atoms with Gasteiger partial charge in [0.1, 0.15) is 5.65 Å². The first-order valence-electron chi connectivity index (χ1n) is 6.60. The molecule has 96 valence electrons. The Bertz CT molecular complexity index is 545. The highest BCUT2D eigenvalue weighted by Gasteiger charge is 2.26. The van der Waals surface area contributed by atoms with Gasteiger partial charge < -0.3 is 9.30 Å². The average Bonchev–Trinajstić information content (AvgIpc) is 3.14. The maximum Gasteiger partial charge on any atom is 0.152 e. The van der Waals surface area contributed by atoms with Crippen molar-refractivity contribution in [3.63, 3.8) is 0 Å². The van der Waals surface area contributed by atoms with Crippen LogP contribution in [0.4, 0.5) is 5.82 Å². The lowest BCUT2D eigenvalue weighted by atomic mass is 10.3. The molecule has 0 N–H and O–H groups in total. The largest absolute Gasteiger partial charge is 0.355 e. The molecule has 0 spiro atoms. The lowest BCUT2D eigenvalue weighted by Crippen LogP contribution is -2.26. The summed E-state index contributed by atoms with van der Waals surface area (Å²) in [5.74, 6) is 2.42. The van der Waals surface area contributed by atoms with Crippen LogP contribution in [0.5, 0.6) is 0 Å². The van der Waals surface area contributed by atoms with E-state index in [4.69, 9.17) is 16.6 Å². The SMILES string of the molecule is CCN(CC1CC1)c1nc2ccccn2c1CCl. The Hall–Kier alpha value is -1.22. The van der Waals surface area contributed by atoms with Crippen LogP contribution in [0.15, 0.2) is 24.4 Å². The van der Waals surface area contributed by atoms with Crippen molar-refractivity contribution in [3.8, 4) is 0 Å². The molecule has 3 nitrogen and oxygen atoms in total. The molecule has 2 heterocycles. The molecule has 3 rings (SSSR count). The average molecular weight is 264 g/mol. The Morgan fingerprint density at radius 3 is 2.94 bits per heavy atom. The van der Waals surface area contributed by atoms with Gasteiger partial charge in [0.15, 0.2) is 5.82 Å². The third-order valence-electron chi connectivity index (χ3n) is 3.59. The molecule has 1 fully saturated rings. The van der Waals surface area contributed by atoms with Crippen molar-refractivity contribution in [2.45, 2.75) is 25.6 Å². The Morgan fingerprint density at radius 2 is 2.28 bits per heavy atom. The molecular weight excluding hydrogens is 246 g/mol. The van der Waals surface area contributed by atoms with Gasteiger partial charge in [0, 0.05) is 19.3 Å². The number of anilines is 1. The molecular formula is C14H18ClN3. The van der Waals surface area contributed by atoms with E-state index in [1.807, 2.05) is 24.4 Å². The van der Waals surface area contributed by atoms with E-state index in [2.05, 4.69) is 16.2 Å². The summed E-state index contributed by atoms with van der Waals surface area (Å²) < 4.78 is 2.10. The molecule has 0 aliphatic heterocycles. The molecule has 1 aliphatic carbocycles. The zero-order chi connectivity index (χ0) is 12.5. The first kappa shape index (κ1) is 11.8. The van der Waals surface area contributed by atoms with Gasteiger partial charge in [0.2, 0.25) is 0 Å². The maximum absolute atomic E-state index is 6.12. The molecule has 0 radical (unpaired) electrons. The topological polar surface area (TPSA) is 20.5 Å². The summed E-state index contributed by atoms with van der Waals surface area (Å²) >= 11 is 6.12. The standard InChI is InChI=1S/C14H18ClN3/c1-2-17(10-11-6-7-11)14-12(9-15)18-8-4-3-5-13(18)16-14/h3-5,8,11H,2,6-7,9-10H2,1H3. The van der Waals surface area contributed by atoms with Crippen LogP contribution in [0.3, 0.4) is 0 Å². The number of pyridine rings is 1. The summed E-state index contributed by atoms with van der Waals surface area (Å²) in [6, 6.07) is 6.07. The van der Waals surface area contributed by atoms with Crippen LogP contribution >= 0.6 is 11.6 Å². The van der Waals surface area contributed by atoms with Crippen molar-refractivity contribution in [2.75, 3.05) is 18.0 Å². The van der Waals surface area contributed by atoms with E-state index in [0.717, 1.165) is 36.2 Å². The van der Waals surface area contributed by atoms with Crippen LogP contribution in [-0.4, -0.2) is 22.5 Å². The summed E-state index contributed by atoms with van der Waals surface area (Å²) in [5, 5.41) is 0. The Morgan fingerprint density at radius 1 is 1.44 bits per heavy atom. The smallest absolute Gasteiger partial charge is 0.152 e. The quantitative estimate of drug-likeness (QED) is 0.772. The molecule has 0 unspecified atom stereocenters. The second-order valence-corrected chi connectivity index (χ2v) is 5.19. The van der Waals surface area contributed by atoms with Crippen molar-refractivity contribution < 1.29 is 0 Å².